The van der Waals surface area contributed by atoms with Crippen molar-refractivity contribution in [3.8, 4) is 17.2 Å². The molecule has 2 N–H and O–H groups in total. The van der Waals surface area contributed by atoms with Crippen LogP contribution in [0.2, 0.25) is 0 Å². The molecule has 1 fully saturated rings. The molecular formula is C16H18N8O2S. The van der Waals surface area contributed by atoms with E-state index in [1.54, 1.807) is 28.5 Å². The van der Waals surface area contributed by atoms with Crippen molar-refractivity contribution in [3.63, 3.8) is 0 Å². The zero-order chi connectivity index (χ0) is 19.2. The first-order chi connectivity index (χ1) is 12.9. The van der Waals surface area contributed by atoms with Gasteiger partial charge < -0.3 is 5.73 Å². The van der Waals surface area contributed by atoms with Crippen molar-refractivity contribution in [2.24, 2.45) is 0 Å². The van der Waals surface area contributed by atoms with Gasteiger partial charge in [0.2, 0.25) is 16.0 Å². The fourth-order valence-electron chi connectivity index (χ4n) is 3.34. The van der Waals surface area contributed by atoms with Gasteiger partial charge in [0.1, 0.15) is 5.54 Å². The molecule has 0 aliphatic carbocycles. The third-order valence-corrected chi connectivity index (χ3v) is 6.64. The molecule has 1 aliphatic rings. The van der Waals surface area contributed by atoms with Crippen LogP contribution >= 0.6 is 0 Å². The minimum Gasteiger partial charge on any atom is -0.366 e. The quantitative estimate of drug-likeness (QED) is 0.672. The predicted molar refractivity (Wildman–Crippen MR) is 97.9 cm³/mol. The van der Waals surface area contributed by atoms with Crippen molar-refractivity contribution < 1.29 is 8.42 Å². The summed E-state index contributed by atoms with van der Waals surface area (Å²) in [7, 11) is -3.28. The number of fused-ring (bicyclic) bond motifs is 1. The van der Waals surface area contributed by atoms with E-state index in [0.29, 0.717) is 5.65 Å². The minimum atomic E-state index is -3.28. The highest BCUT2D eigenvalue weighted by molar-refractivity contribution is 7.89. The number of aromatic nitrogens is 5. The molecule has 0 bridgehead atoms. The fraction of sp³-hybridized carbons (Fsp3) is 0.375. The molecule has 0 radical (unpaired) electrons. The Hall–Kier alpha value is -2.97. The van der Waals surface area contributed by atoms with E-state index in [0.717, 1.165) is 11.1 Å². The van der Waals surface area contributed by atoms with Gasteiger partial charge in [-0.05, 0) is 19.1 Å². The average Bonchev–Trinajstić information content (AvgIpc) is 3.23. The average molecular weight is 386 g/mol. The first-order valence-electron chi connectivity index (χ1n) is 8.40. The molecule has 0 saturated carbocycles. The first-order valence-corrected chi connectivity index (χ1v) is 10.0. The van der Waals surface area contributed by atoms with Crippen LogP contribution in [-0.4, -0.2) is 55.9 Å². The zero-order valence-corrected chi connectivity index (χ0v) is 15.5. The Morgan fingerprint density at radius 2 is 2.19 bits per heavy atom. The van der Waals surface area contributed by atoms with Gasteiger partial charge in [-0.15, -0.1) is 5.10 Å². The lowest BCUT2D eigenvalue weighted by Gasteiger charge is -2.47. The molecule has 1 aliphatic heterocycles. The number of nitrogens with two attached hydrogens (primary N) is 1. The summed E-state index contributed by atoms with van der Waals surface area (Å²) in [6.07, 6.45) is 5.42. The highest BCUT2D eigenvalue weighted by Crippen LogP contribution is 2.35. The number of hydrogen-bond donors (Lipinski definition) is 1. The Balaban J connectivity index is 1.70. The maximum Gasteiger partial charge on any atom is 0.240 e. The number of nitriles is 1. The monoisotopic (exact) mass is 386 g/mol. The van der Waals surface area contributed by atoms with E-state index in [2.05, 4.69) is 21.3 Å². The summed E-state index contributed by atoms with van der Waals surface area (Å²) in [5.41, 5.74) is 7.23. The lowest BCUT2D eigenvalue weighted by Crippen LogP contribution is -2.64. The highest BCUT2D eigenvalue weighted by atomic mass is 32.2. The summed E-state index contributed by atoms with van der Waals surface area (Å²) in [6.45, 7) is 2.08. The summed E-state index contributed by atoms with van der Waals surface area (Å²) < 4.78 is 28.8. The van der Waals surface area contributed by atoms with E-state index in [4.69, 9.17) is 5.73 Å². The molecule has 3 aromatic rings. The van der Waals surface area contributed by atoms with Crippen molar-refractivity contribution in [2.45, 2.75) is 18.9 Å². The first kappa shape index (κ1) is 17.4. The number of sulfonamides is 1. The molecule has 0 aromatic carbocycles. The fourth-order valence-corrected chi connectivity index (χ4v) is 4.58. The Morgan fingerprint density at radius 1 is 1.41 bits per heavy atom. The van der Waals surface area contributed by atoms with E-state index < -0.39 is 15.6 Å². The van der Waals surface area contributed by atoms with Crippen LogP contribution in [0.25, 0.3) is 16.8 Å². The lowest BCUT2D eigenvalue weighted by atomic mass is 9.89. The molecule has 140 valence electrons. The molecular weight excluding hydrogens is 368 g/mol. The summed E-state index contributed by atoms with van der Waals surface area (Å²) in [5.74, 6) is 0.214. The minimum absolute atomic E-state index is 0.0380. The SMILES string of the molecule is CCS(=O)(=O)N1CC(CC#N)(n2cc(-c3cccn4nc(N)nc34)cn2)C1. The van der Waals surface area contributed by atoms with Gasteiger partial charge in [0, 0.05) is 36.6 Å². The van der Waals surface area contributed by atoms with Crippen molar-refractivity contribution in [2.75, 3.05) is 24.6 Å². The second-order valence-electron chi connectivity index (χ2n) is 6.56. The Kier molecular flexibility index (Phi) is 3.90. The second-order valence-corrected chi connectivity index (χ2v) is 8.82. The standard InChI is InChI=1S/C16H18N8O2S/c1-2-27(25,26)22-10-16(11-22,5-6-17)24-9-12(8-19-24)13-4-3-7-23-14(13)20-15(18)21-23/h3-4,7-9H,2,5,10-11H2,1H3,(H2,18,21). The van der Waals surface area contributed by atoms with Gasteiger partial charge in [0.05, 0.1) is 24.4 Å². The van der Waals surface area contributed by atoms with E-state index in [9.17, 15) is 13.7 Å². The van der Waals surface area contributed by atoms with Crippen molar-refractivity contribution in [1.29, 1.82) is 5.26 Å². The van der Waals surface area contributed by atoms with E-state index in [1.165, 1.54) is 4.31 Å². The van der Waals surface area contributed by atoms with Crippen molar-refractivity contribution in [3.05, 3.63) is 30.7 Å². The molecule has 10 nitrogen and oxygen atoms in total. The summed E-state index contributed by atoms with van der Waals surface area (Å²) >= 11 is 0. The molecule has 11 heteroatoms. The molecule has 4 rings (SSSR count). The molecule has 0 spiro atoms. The van der Waals surface area contributed by atoms with Crippen LogP contribution in [0, 0.1) is 11.3 Å². The molecule has 4 heterocycles. The second kappa shape index (κ2) is 6.04. The van der Waals surface area contributed by atoms with Gasteiger partial charge in [-0.1, -0.05) is 0 Å². The molecule has 3 aromatic heterocycles. The molecule has 1 saturated heterocycles. The van der Waals surface area contributed by atoms with Crippen LogP contribution in [-0.2, 0) is 15.6 Å². The van der Waals surface area contributed by atoms with Crippen LogP contribution in [0.1, 0.15) is 13.3 Å². The van der Waals surface area contributed by atoms with Crippen LogP contribution < -0.4 is 5.73 Å². The summed E-state index contributed by atoms with van der Waals surface area (Å²) in [6, 6.07) is 5.87. The van der Waals surface area contributed by atoms with Crippen molar-refractivity contribution in [1.82, 2.24) is 28.7 Å². The molecule has 0 atom stereocenters. The molecule has 0 unspecified atom stereocenters. The van der Waals surface area contributed by atoms with E-state index >= 15 is 0 Å². The summed E-state index contributed by atoms with van der Waals surface area (Å²) in [4.78, 5) is 4.24. The van der Waals surface area contributed by atoms with Gasteiger partial charge in [0.15, 0.2) is 5.65 Å². The van der Waals surface area contributed by atoms with Gasteiger partial charge in [-0.3, -0.25) is 4.68 Å². The summed E-state index contributed by atoms with van der Waals surface area (Å²) in [5, 5.41) is 17.8. The number of hydrogen-bond acceptors (Lipinski definition) is 7. The van der Waals surface area contributed by atoms with Crippen LogP contribution in [0.5, 0.6) is 0 Å². The number of anilines is 1. The smallest absolute Gasteiger partial charge is 0.240 e. The Morgan fingerprint density at radius 3 is 2.89 bits per heavy atom. The van der Waals surface area contributed by atoms with Gasteiger partial charge in [-0.2, -0.15) is 19.6 Å². The van der Waals surface area contributed by atoms with Gasteiger partial charge in [-0.25, -0.2) is 12.9 Å². The zero-order valence-electron chi connectivity index (χ0n) is 14.6. The Labute approximate surface area is 155 Å². The normalized spacial score (nSPS) is 16.9. The predicted octanol–water partition coefficient (Wildman–Crippen LogP) is 0.449. The van der Waals surface area contributed by atoms with Crippen LogP contribution in [0.4, 0.5) is 5.95 Å². The lowest BCUT2D eigenvalue weighted by molar-refractivity contribution is 0.0719. The molecule has 0 amide bonds. The largest absolute Gasteiger partial charge is 0.366 e. The van der Waals surface area contributed by atoms with Crippen molar-refractivity contribution >= 4 is 21.6 Å². The maximum atomic E-state index is 12.1. The molecule has 27 heavy (non-hydrogen) atoms. The van der Waals surface area contributed by atoms with Crippen LogP contribution in [0.15, 0.2) is 30.7 Å². The Bertz CT molecular complexity index is 1150. The van der Waals surface area contributed by atoms with Gasteiger partial charge in [0.25, 0.3) is 0 Å². The third kappa shape index (κ3) is 2.73. The van der Waals surface area contributed by atoms with E-state index in [1.807, 2.05) is 18.3 Å². The van der Waals surface area contributed by atoms with Crippen LogP contribution in [0.3, 0.4) is 0 Å². The topological polar surface area (TPSA) is 135 Å². The van der Waals surface area contributed by atoms with E-state index in [-0.39, 0.29) is 31.2 Å². The number of nitrogen functional groups attached to an aromatic ring is 1. The maximum absolute atomic E-state index is 12.1. The van der Waals surface area contributed by atoms with Gasteiger partial charge >= 0.3 is 0 Å². The third-order valence-electron chi connectivity index (χ3n) is 4.87. The number of pyridine rings is 1. The number of rotatable bonds is 5. The number of nitrogens with zero attached hydrogens (tertiary/aromatic N) is 7. The highest BCUT2D eigenvalue weighted by Gasteiger charge is 2.49.